The Morgan fingerprint density at radius 1 is 1.00 bits per heavy atom. The molecule has 6 nitrogen and oxygen atoms in total. The Labute approximate surface area is 260 Å². The fourth-order valence-electron chi connectivity index (χ4n) is 5.13. The third-order valence-electron chi connectivity index (χ3n) is 7.26. The molecule has 0 N–H and O–H groups in total. The standard InChI is InChI=1S/C35H35F4N3O3/c1-4-15-42-30(33(27-11-12-28(37)29(38)18-27)40-35(42)26-8-6-5-7-9-26)21-41(19-23(2)14-16-43-34(39)24(3)36)20-25-10-13-31-32(17-25)45-22-44-31/h5-14,16-18,24,34H,2,4,15,19-22H2,1,3H3/b16-14+. The minimum absolute atomic E-state index is 0.146. The van der Waals surface area contributed by atoms with Gasteiger partial charge in [-0.15, -0.1) is 0 Å². The van der Waals surface area contributed by atoms with Gasteiger partial charge in [0.2, 0.25) is 6.79 Å². The molecule has 0 spiro atoms. The van der Waals surface area contributed by atoms with Crippen LogP contribution < -0.4 is 9.47 Å². The summed E-state index contributed by atoms with van der Waals surface area (Å²) in [6, 6.07) is 19.2. The van der Waals surface area contributed by atoms with Crippen LogP contribution in [0, 0.1) is 11.6 Å². The lowest BCUT2D eigenvalue weighted by atomic mass is 10.1. The number of fused-ring (bicyclic) bond motifs is 1. The van der Waals surface area contributed by atoms with E-state index in [9.17, 15) is 17.6 Å². The molecule has 0 amide bonds. The van der Waals surface area contributed by atoms with Gasteiger partial charge in [0, 0.05) is 37.3 Å². The predicted molar refractivity (Wildman–Crippen MR) is 165 cm³/mol. The molecule has 45 heavy (non-hydrogen) atoms. The van der Waals surface area contributed by atoms with Crippen molar-refractivity contribution in [1.29, 1.82) is 0 Å². The zero-order valence-electron chi connectivity index (χ0n) is 25.2. The van der Waals surface area contributed by atoms with Crippen molar-refractivity contribution >= 4 is 0 Å². The monoisotopic (exact) mass is 621 g/mol. The Balaban J connectivity index is 1.55. The van der Waals surface area contributed by atoms with Gasteiger partial charge in [0.25, 0.3) is 6.36 Å². The zero-order valence-corrected chi connectivity index (χ0v) is 25.2. The summed E-state index contributed by atoms with van der Waals surface area (Å²) in [5.41, 5.74) is 4.16. The third kappa shape index (κ3) is 7.75. The Kier molecular flexibility index (Phi) is 10.2. The van der Waals surface area contributed by atoms with Crippen LogP contribution in [0.5, 0.6) is 11.5 Å². The highest BCUT2D eigenvalue weighted by Crippen LogP contribution is 2.35. The van der Waals surface area contributed by atoms with Crippen LogP contribution in [-0.4, -0.2) is 40.3 Å². The number of imidazole rings is 1. The van der Waals surface area contributed by atoms with Crippen molar-refractivity contribution in [2.75, 3.05) is 13.3 Å². The summed E-state index contributed by atoms with van der Waals surface area (Å²) < 4.78 is 73.4. The smallest absolute Gasteiger partial charge is 0.268 e. The normalized spacial score (nSPS) is 13.8. The van der Waals surface area contributed by atoms with Crippen molar-refractivity contribution in [3.8, 4) is 34.1 Å². The van der Waals surface area contributed by atoms with Crippen LogP contribution in [0.2, 0.25) is 0 Å². The average molecular weight is 622 g/mol. The third-order valence-corrected chi connectivity index (χ3v) is 7.26. The number of halogens is 4. The summed E-state index contributed by atoms with van der Waals surface area (Å²) >= 11 is 0. The van der Waals surface area contributed by atoms with E-state index in [0.29, 0.717) is 60.3 Å². The van der Waals surface area contributed by atoms with Gasteiger partial charge in [-0.05, 0) is 60.9 Å². The van der Waals surface area contributed by atoms with Crippen LogP contribution in [-0.2, 0) is 24.4 Å². The first-order chi connectivity index (χ1) is 21.7. The number of hydrogen-bond donors (Lipinski definition) is 0. The Morgan fingerprint density at radius 3 is 2.51 bits per heavy atom. The molecule has 1 aliphatic rings. The summed E-state index contributed by atoms with van der Waals surface area (Å²) in [5, 5.41) is 0. The number of alkyl halides is 2. The minimum Gasteiger partial charge on any atom is -0.465 e. The van der Waals surface area contributed by atoms with Gasteiger partial charge < -0.3 is 18.8 Å². The molecule has 4 aromatic rings. The van der Waals surface area contributed by atoms with Crippen molar-refractivity contribution in [3.05, 3.63) is 114 Å². The number of aromatic nitrogens is 2. The molecule has 2 atom stereocenters. The number of rotatable bonds is 14. The molecule has 1 aliphatic heterocycles. The molecule has 3 aromatic carbocycles. The predicted octanol–water partition coefficient (Wildman–Crippen LogP) is 8.38. The van der Waals surface area contributed by atoms with Crippen LogP contribution in [0.25, 0.3) is 22.6 Å². The van der Waals surface area contributed by atoms with E-state index in [0.717, 1.165) is 48.6 Å². The van der Waals surface area contributed by atoms with Crippen LogP contribution in [0.3, 0.4) is 0 Å². The van der Waals surface area contributed by atoms with E-state index in [1.54, 1.807) is 0 Å². The van der Waals surface area contributed by atoms with E-state index in [-0.39, 0.29) is 6.79 Å². The summed E-state index contributed by atoms with van der Waals surface area (Å²) in [7, 11) is 0. The largest absolute Gasteiger partial charge is 0.465 e. The van der Waals surface area contributed by atoms with Crippen molar-refractivity contribution in [2.45, 2.75) is 52.4 Å². The second-order valence-electron chi connectivity index (χ2n) is 10.8. The molecule has 0 saturated heterocycles. The molecule has 2 heterocycles. The van der Waals surface area contributed by atoms with Crippen molar-refractivity contribution in [3.63, 3.8) is 0 Å². The molecule has 5 rings (SSSR count). The van der Waals surface area contributed by atoms with Gasteiger partial charge in [-0.1, -0.05) is 49.9 Å². The molecule has 1 aromatic heterocycles. The van der Waals surface area contributed by atoms with Crippen LogP contribution >= 0.6 is 0 Å². The number of nitrogens with zero attached hydrogens (tertiary/aromatic N) is 3. The quantitative estimate of drug-likeness (QED) is 0.0805. The number of benzene rings is 3. The topological polar surface area (TPSA) is 48.8 Å². The second-order valence-corrected chi connectivity index (χ2v) is 10.8. The molecule has 0 fully saturated rings. The maximum Gasteiger partial charge on any atom is 0.268 e. The van der Waals surface area contributed by atoms with Gasteiger partial charge in [0.15, 0.2) is 29.3 Å². The van der Waals surface area contributed by atoms with E-state index in [1.807, 2.05) is 48.5 Å². The maximum absolute atomic E-state index is 14.5. The van der Waals surface area contributed by atoms with Gasteiger partial charge in [0.05, 0.1) is 17.6 Å². The summed E-state index contributed by atoms with van der Waals surface area (Å²) in [5.74, 6) is 0.0977. The molecule has 236 valence electrons. The van der Waals surface area contributed by atoms with Gasteiger partial charge in [-0.25, -0.2) is 18.2 Å². The first kappa shape index (κ1) is 31.8. The average Bonchev–Trinajstić information content (AvgIpc) is 3.63. The van der Waals surface area contributed by atoms with Crippen LogP contribution in [0.4, 0.5) is 17.6 Å². The fraction of sp³-hybridized carbons (Fsp3) is 0.286. The van der Waals surface area contributed by atoms with E-state index < -0.39 is 24.2 Å². The maximum atomic E-state index is 14.5. The van der Waals surface area contributed by atoms with Crippen molar-refractivity contribution in [1.82, 2.24) is 14.5 Å². The Morgan fingerprint density at radius 2 is 1.78 bits per heavy atom. The highest BCUT2D eigenvalue weighted by Gasteiger charge is 2.24. The lowest BCUT2D eigenvalue weighted by Crippen LogP contribution is -2.26. The van der Waals surface area contributed by atoms with Gasteiger partial charge in [0.1, 0.15) is 5.82 Å². The summed E-state index contributed by atoms with van der Waals surface area (Å²) in [6.07, 6.45) is -0.470. The minimum atomic E-state index is -2.09. The SMILES string of the molecule is C=C(/C=C/OC(F)C(C)F)CN(Cc1ccc2c(c1)OCO2)Cc1c(-c2ccc(F)c(F)c2)nc(-c2ccccc2)n1CCC. The summed E-state index contributed by atoms with van der Waals surface area (Å²) in [4.78, 5) is 7.08. The molecular weight excluding hydrogens is 586 g/mol. The highest BCUT2D eigenvalue weighted by molar-refractivity contribution is 5.68. The lowest BCUT2D eigenvalue weighted by Gasteiger charge is -2.25. The molecule has 2 unspecified atom stereocenters. The van der Waals surface area contributed by atoms with Gasteiger partial charge in [-0.2, -0.15) is 4.39 Å². The lowest BCUT2D eigenvalue weighted by molar-refractivity contribution is -0.0315. The van der Waals surface area contributed by atoms with E-state index in [4.69, 9.17) is 19.2 Å². The molecule has 0 saturated carbocycles. The van der Waals surface area contributed by atoms with E-state index >= 15 is 0 Å². The van der Waals surface area contributed by atoms with Gasteiger partial charge in [-0.3, -0.25) is 4.90 Å². The first-order valence-corrected chi connectivity index (χ1v) is 14.7. The van der Waals surface area contributed by atoms with Gasteiger partial charge >= 0.3 is 0 Å². The Hall–Kier alpha value is -4.57. The van der Waals surface area contributed by atoms with Crippen molar-refractivity contribution in [2.24, 2.45) is 0 Å². The first-order valence-electron chi connectivity index (χ1n) is 14.7. The molecule has 10 heteroatoms. The van der Waals surface area contributed by atoms with Crippen LogP contribution in [0.1, 0.15) is 31.5 Å². The molecular formula is C35H35F4N3O3. The number of hydrogen-bond acceptors (Lipinski definition) is 5. The number of ether oxygens (including phenoxy) is 3. The second kappa shape index (κ2) is 14.5. The highest BCUT2D eigenvalue weighted by atomic mass is 19.2. The van der Waals surface area contributed by atoms with Crippen molar-refractivity contribution < 1.29 is 31.8 Å². The molecule has 0 bridgehead atoms. The zero-order chi connectivity index (χ0) is 31.9. The molecule has 0 aliphatic carbocycles. The van der Waals surface area contributed by atoms with E-state index in [1.165, 1.54) is 12.1 Å². The summed E-state index contributed by atoms with van der Waals surface area (Å²) in [6.45, 7) is 9.10. The fourth-order valence-corrected chi connectivity index (χ4v) is 5.13. The Bertz CT molecular complexity index is 1660. The molecule has 0 radical (unpaired) electrons. The van der Waals surface area contributed by atoms with E-state index in [2.05, 4.69) is 23.0 Å². The van der Waals surface area contributed by atoms with Crippen LogP contribution in [0.15, 0.2) is 91.2 Å².